The van der Waals surface area contributed by atoms with Gasteiger partial charge in [-0.05, 0) is 32.4 Å². The second-order valence-corrected chi connectivity index (χ2v) is 3.81. The first-order valence-electron chi connectivity index (χ1n) is 5.88. The van der Waals surface area contributed by atoms with Crippen molar-refractivity contribution in [1.82, 2.24) is 4.98 Å². The molecule has 0 fully saturated rings. The lowest BCUT2D eigenvalue weighted by molar-refractivity contribution is 0.0987. The Hall–Kier alpha value is -1.38. The van der Waals surface area contributed by atoms with Gasteiger partial charge in [0, 0.05) is 31.3 Å². The number of hydrogen-bond acceptors (Lipinski definition) is 3. The normalized spacial score (nSPS) is 10.2. The molecule has 3 nitrogen and oxygen atoms in total. The van der Waals surface area contributed by atoms with Gasteiger partial charge in [-0.1, -0.05) is 6.92 Å². The number of carbonyl (C=O) groups is 1. The molecular weight excluding hydrogens is 200 g/mol. The van der Waals surface area contributed by atoms with E-state index in [1.54, 1.807) is 6.20 Å². The van der Waals surface area contributed by atoms with Crippen molar-refractivity contribution in [3.05, 3.63) is 23.4 Å². The van der Waals surface area contributed by atoms with Crippen LogP contribution in [0.1, 0.15) is 43.1 Å². The molecule has 88 valence electrons. The second kappa shape index (κ2) is 5.64. The zero-order chi connectivity index (χ0) is 12.1. The van der Waals surface area contributed by atoms with Crippen LogP contribution in [0.4, 0.5) is 5.82 Å². The smallest absolute Gasteiger partial charge is 0.164 e. The summed E-state index contributed by atoms with van der Waals surface area (Å²) in [7, 11) is 0. The number of pyridine rings is 1. The van der Waals surface area contributed by atoms with Gasteiger partial charge in [0.2, 0.25) is 0 Å². The highest BCUT2D eigenvalue weighted by atomic mass is 16.1. The average Bonchev–Trinajstić information content (AvgIpc) is 2.30. The first kappa shape index (κ1) is 12.7. The molecule has 1 aromatic rings. The van der Waals surface area contributed by atoms with E-state index >= 15 is 0 Å². The summed E-state index contributed by atoms with van der Waals surface area (Å²) in [4.78, 5) is 18.1. The van der Waals surface area contributed by atoms with Crippen molar-refractivity contribution in [2.75, 3.05) is 18.0 Å². The SMILES string of the molecule is CCC(=O)c1cnc(N(CC)CC)cc1C. The van der Waals surface area contributed by atoms with Crippen molar-refractivity contribution < 1.29 is 4.79 Å². The van der Waals surface area contributed by atoms with Crippen LogP contribution < -0.4 is 4.90 Å². The highest BCUT2D eigenvalue weighted by Gasteiger charge is 2.10. The van der Waals surface area contributed by atoms with Crippen LogP contribution in [0, 0.1) is 6.92 Å². The number of hydrogen-bond donors (Lipinski definition) is 0. The van der Waals surface area contributed by atoms with Crippen molar-refractivity contribution in [2.45, 2.75) is 34.1 Å². The fourth-order valence-electron chi connectivity index (χ4n) is 1.74. The van der Waals surface area contributed by atoms with Gasteiger partial charge in [-0.3, -0.25) is 4.79 Å². The molecule has 0 aliphatic rings. The number of Topliss-reactive ketones (excluding diaryl/α,β-unsaturated/α-hetero) is 1. The van der Waals surface area contributed by atoms with E-state index in [4.69, 9.17) is 0 Å². The summed E-state index contributed by atoms with van der Waals surface area (Å²) in [6, 6.07) is 2.00. The number of aryl methyl sites for hydroxylation is 1. The quantitative estimate of drug-likeness (QED) is 0.715. The van der Waals surface area contributed by atoms with Gasteiger partial charge >= 0.3 is 0 Å². The molecule has 0 aliphatic heterocycles. The predicted octanol–water partition coefficient (Wildman–Crippen LogP) is 2.83. The summed E-state index contributed by atoms with van der Waals surface area (Å²) >= 11 is 0. The van der Waals surface area contributed by atoms with Crippen molar-refractivity contribution in [3.63, 3.8) is 0 Å². The fourth-order valence-corrected chi connectivity index (χ4v) is 1.74. The highest BCUT2D eigenvalue weighted by Crippen LogP contribution is 2.16. The number of carbonyl (C=O) groups excluding carboxylic acids is 1. The van der Waals surface area contributed by atoms with Gasteiger partial charge in [0.25, 0.3) is 0 Å². The summed E-state index contributed by atoms with van der Waals surface area (Å²) in [6.45, 7) is 9.92. The maximum Gasteiger partial charge on any atom is 0.164 e. The minimum atomic E-state index is 0.163. The molecule has 0 aromatic carbocycles. The van der Waals surface area contributed by atoms with Crippen LogP contribution in [0.25, 0.3) is 0 Å². The summed E-state index contributed by atoms with van der Waals surface area (Å²) in [5, 5.41) is 0. The molecule has 3 heteroatoms. The van der Waals surface area contributed by atoms with Crippen LogP contribution in [-0.4, -0.2) is 23.9 Å². The van der Waals surface area contributed by atoms with Crippen LogP contribution in [0.15, 0.2) is 12.3 Å². The van der Waals surface area contributed by atoms with Gasteiger partial charge in [0.15, 0.2) is 5.78 Å². The number of ketones is 1. The van der Waals surface area contributed by atoms with Crippen LogP contribution in [0.3, 0.4) is 0 Å². The van der Waals surface area contributed by atoms with E-state index in [9.17, 15) is 4.79 Å². The summed E-state index contributed by atoms with van der Waals surface area (Å²) in [5.74, 6) is 1.12. The Morgan fingerprint density at radius 3 is 2.38 bits per heavy atom. The number of anilines is 1. The molecule has 0 amide bonds. The molecule has 1 rings (SSSR count). The molecule has 0 aliphatic carbocycles. The highest BCUT2D eigenvalue weighted by molar-refractivity contribution is 5.97. The lowest BCUT2D eigenvalue weighted by Gasteiger charge is -2.20. The van der Waals surface area contributed by atoms with E-state index < -0.39 is 0 Å². The van der Waals surface area contributed by atoms with E-state index in [1.807, 2.05) is 19.9 Å². The first-order chi connectivity index (χ1) is 7.63. The summed E-state index contributed by atoms with van der Waals surface area (Å²) < 4.78 is 0. The number of aromatic nitrogens is 1. The number of nitrogens with zero attached hydrogens (tertiary/aromatic N) is 2. The summed E-state index contributed by atoms with van der Waals surface area (Å²) in [5.41, 5.74) is 1.77. The standard InChI is InChI=1S/C13H20N2O/c1-5-12(16)11-9-14-13(8-10(11)4)15(6-2)7-3/h8-9H,5-7H2,1-4H3. The molecule has 0 N–H and O–H groups in total. The minimum Gasteiger partial charge on any atom is -0.357 e. The second-order valence-electron chi connectivity index (χ2n) is 3.81. The van der Waals surface area contributed by atoms with Gasteiger partial charge in [0.05, 0.1) is 0 Å². The topological polar surface area (TPSA) is 33.2 Å². The van der Waals surface area contributed by atoms with Gasteiger partial charge in [-0.25, -0.2) is 4.98 Å². The van der Waals surface area contributed by atoms with E-state index in [-0.39, 0.29) is 5.78 Å². The molecule has 0 spiro atoms. The Morgan fingerprint density at radius 1 is 1.31 bits per heavy atom. The Labute approximate surface area is 97.5 Å². The van der Waals surface area contributed by atoms with Crippen LogP contribution in [0.5, 0.6) is 0 Å². The van der Waals surface area contributed by atoms with Crippen LogP contribution in [0.2, 0.25) is 0 Å². The molecule has 0 bridgehead atoms. The Kier molecular flexibility index (Phi) is 4.47. The average molecular weight is 220 g/mol. The molecule has 0 unspecified atom stereocenters. The van der Waals surface area contributed by atoms with E-state index in [0.717, 1.165) is 30.0 Å². The lowest BCUT2D eigenvalue weighted by Crippen LogP contribution is -2.23. The Bertz CT molecular complexity index is 370. The van der Waals surface area contributed by atoms with Gasteiger partial charge in [-0.2, -0.15) is 0 Å². The lowest BCUT2D eigenvalue weighted by atomic mass is 10.1. The van der Waals surface area contributed by atoms with Crippen molar-refractivity contribution in [3.8, 4) is 0 Å². The zero-order valence-electron chi connectivity index (χ0n) is 10.6. The van der Waals surface area contributed by atoms with Crippen molar-refractivity contribution in [2.24, 2.45) is 0 Å². The van der Waals surface area contributed by atoms with E-state index in [1.165, 1.54) is 0 Å². The van der Waals surface area contributed by atoms with Crippen LogP contribution in [-0.2, 0) is 0 Å². The molecule has 0 saturated carbocycles. The largest absolute Gasteiger partial charge is 0.357 e. The first-order valence-corrected chi connectivity index (χ1v) is 5.88. The predicted molar refractivity (Wildman–Crippen MR) is 67.2 cm³/mol. The van der Waals surface area contributed by atoms with Gasteiger partial charge < -0.3 is 4.90 Å². The third-order valence-corrected chi connectivity index (χ3v) is 2.81. The molecule has 0 saturated heterocycles. The Morgan fingerprint density at radius 2 is 1.94 bits per heavy atom. The molecule has 0 atom stereocenters. The monoisotopic (exact) mass is 220 g/mol. The van der Waals surface area contributed by atoms with Gasteiger partial charge in [-0.15, -0.1) is 0 Å². The molecule has 0 radical (unpaired) electrons. The molecule has 16 heavy (non-hydrogen) atoms. The third kappa shape index (κ3) is 2.60. The minimum absolute atomic E-state index is 0.163. The summed E-state index contributed by atoms with van der Waals surface area (Å²) in [6.07, 6.45) is 2.24. The zero-order valence-corrected chi connectivity index (χ0v) is 10.6. The molecule has 1 aromatic heterocycles. The molecular formula is C13H20N2O. The maximum absolute atomic E-state index is 11.6. The maximum atomic E-state index is 11.6. The van der Waals surface area contributed by atoms with Crippen LogP contribution >= 0.6 is 0 Å². The van der Waals surface area contributed by atoms with Crippen molar-refractivity contribution >= 4 is 11.6 Å². The fraction of sp³-hybridized carbons (Fsp3) is 0.538. The van der Waals surface area contributed by atoms with Crippen molar-refractivity contribution in [1.29, 1.82) is 0 Å². The van der Waals surface area contributed by atoms with Gasteiger partial charge in [0.1, 0.15) is 5.82 Å². The van der Waals surface area contributed by atoms with E-state index in [2.05, 4.69) is 23.7 Å². The van der Waals surface area contributed by atoms with E-state index in [0.29, 0.717) is 6.42 Å². The molecule has 1 heterocycles. The third-order valence-electron chi connectivity index (χ3n) is 2.81. The number of rotatable bonds is 5. The Balaban J connectivity index is 3.03.